The predicted octanol–water partition coefficient (Wildman–Crippen LogP) is 0.240. The molecule has 0 aliphatic carbocycles. The van der Waals surface area contributed by atoms with Crippen molar-refractivity contribution < 1.29 is 9.53 Å². The average Bonchev–Trinajstić information content (AvgIpc) is 2.55. The highest BCUT2D eigenvalue weighted by Crippen LogP contribution is 2.11. The summed E-state index contributed by atoms with van der Waals surface area (Å²) in [5, 5.41) is 0. The number of hydrazine groups is 1. The van der Waals surface area contributed by atoms with Gasteiger partial charge in [0.05, 0.1) is 6.61 Å². The van der Waals surface area contributed by atoms with E-state index in [-0.39, 0.29) is 5.82 Å². The van der Waals surface area contributed by atoms with E-state index < -0.39 is 17.2 Å². The summed E-state index contributed by atoms with van der Waals surface area (Å²) in [6.07, 6.45) is 0. The topological polar surface area (TPSA) is 94.4 Å². The molecule has 2 aromatic rings. The Kier molecular flexibility index (Phi) is 4.85. The van der Waals surface area contributed by atoms with Crippen molar-refractivity contribution in [2.75, 3.05) is 12.0 Å². The number of nitrogens with zero attached hydrogens (tertiary/aromatic N) is 2. The lowest BCUT2D eigenvalue weighted by Crippen LogP contribution is -2.40. The summed E-state index contributed by atoms with van der Waals surface area (Å²) in [7, 11) is 2.88. The van der Waals surface area contributed by atoms with Gasteiger partial charge in [0.15, 0.2) is 0 Å². The Morgan fingerprint density at radius 3 is 2.39 bits per heavy atom. The van der Waals surface area contributed by atoms with Crippen molar-refractivity contribution in [3.63, 3.8) is 0 Å². The fourth-order valence-electron chi connectivity index (χ4n) is 1.92. The van der Waals surface area contributed by atoms with Gasteiger partial charge < -0.3 is 4.74 Å². The maximum absolute atomic E-state index is 12.1. The van der Waals surface area contributed by atoms with Gasteiger partial charge in [0.25, 0.3) is 11.5 Å². The molecule has 8 heteroatoms. The molecule has 0 radical (unpaired) electrons. The van der Waals surface area contributed by atoms with Crippen LogP contribution in [0.5, 0.6) is 5.75 Å². The van der Waals surface area contributed by atoms with Crippen LogP contribution in [0.25, 0.3) is 0 Å². The number of ether oxygens (including phenoxy) is 1. The Labute approximate surface area is 132 Å². The van der Waals surface area contributed by atoms with Crippen molar-refractivity contribution >= 4 is 11.7 Å². The van der Waals surface area contributed by atoms with Crippen molar-refractivity contribution in [1.29, 1.82) is 0 Å². The number of anilines is 1. The summed E-state index contributed by atoms with van der Waals surface area (Å²) < 4.78 is 7.49. The van der Waals surface area contributed by atoms with Crippen molar-refractivity contribution in [2.24, 2.45) is 14.1 Å². The molecular weight excluding hydrogens is 300 g/mol. The van der Waals surface area contributed by atoms with Gasteiger partial charge in [0.2, 0.25) is 0 Å². The van der Waals surface area contributed by atoms with E-state index in [1.54, 1.807) is 24.3 Å². The van der Waals surface area contributed by atoms with Gasteiger partial charge in [-0.05, 0) is 31.2 Å². The zero-order valence-electron chi connectivity index (χ0n) is 13.1. The lowest BCUT2D eigenvalue weighted by atomic mass is 10.2. The number of hydrogen-bond acceptors (Lipinski definition) is 5. The molecule has 1 aromatic carbocycles. The highest BCUT2D eigenvalue weighted by atomic mass is 16.5. The van der Waals surface area contributed by atoms with Crippen LogP contribution in [0.4, 0.5) is 5.82 Å². The first-order valence-electron chi connectivity index (χ1n) is 7.00. The Hall–Kier alpha value is -3.03. The van der Waals surface area contributed by atoms with Gasteiger partial charge in [-0.1, -0.05) is 0 Å². The van der Waals surface area contributed by atoms with E-state index in [4.69, 9.17) is 4.74 Å². The molecule has 1 amide bonds. The zero-order valence-corrected chi connectivity index (χ0v) is 13.1. The van der Waals surface area contributed by atoms with E-state index in [9.17, 15) is 14.4 Å². The highest BCUT2D eigenvalue weighted by molar-refractivity contribution is 5.94. The molecular formula is C15H18N4O4. The van der Waals surface area contributed by atoms with Crippen LogP contribution in [0.1, 0.15) is 17.3 Å². The summed E-state index contributed by atoms with van der Waals surface area (Å²) in [6, 6.07) is 7.83. The van der Waals surface area contributed by atoms with Crippen LogP contribution < -0.4 is 26.8 Å². The first kappa shape index (κ1) is 16.3. The van der Waals surface area contributed by atoms with Crippen LogP contribution in [-0.4, -0.2) is 21.6 Å². The van der Waals surface area contributed by atoms with Crippen molar-refractivity contribution in [2.45, 2.75) is 6.92 Å². The normalized spacial score (nSPS) is 10.2. The summed E-state index contributed by atoms with van der Waals surface area (Å²) >= 11 is 0. The number of carbonyl (C=O) groups excluding carboxylic acids is 1. The fraction of sp³-hybridized carbons (Fsp3) is 0.267. The number of hydrogen-bond donors (Lipinski definition) is 2. The molecule has 0 saturated heterocycles. The maximum Gasteiger partial charge on any atom is 0.332 e. The minimum Gasteiger partial charge on any atom is -0.494 e. The Bertz CT molecular complexity index is 821. The van der Waals surface area contributed by atoms with Gasteiger partial charge in [0.1, 0.15) is 11.6 Å². The molecule has 1 aromatic heterocycles. The minimum atomic E-state index is -0.490. The fourth-order valence-corrected chi connectivity index (χ4v) is 1.92. The van der Waals surface area contributed by atoms with Crippen LogP contribution in [0, 0.1) is 0 Å². The molecule has 122 valence electrons. The van der Waals surface area contributed by atoms with Crippen LogP contribution in [0.2, 0.25) is 0 Å². The lowest BCUT2D eigenvalue weighted by Gasteiger charge is -2.12. The molecule has 0 aliphatic rings. The highest BCUT2D eigenvalue weighted by Gasteiger charge is 2.08. The van der Waals surface area contributed by atoms with Gasteiger partial charge in [0, 0.05) is 25.7 Å². The SMILES string of the molecule is CCOc1ccc(C(=O)NNc2cc(=O)n(C)c(=O)n2C)cc1. The molecule has 0 saturated carbocycles. The van der Waals surface area contributed by atoms with Gasteiger partial charge in [-0.15, -0.1) is 0 Å². The van der Waals surface area contributed by atoms with Gasteiger partial charge in [-0.25, -0.2) is 4.79 Å². The smallest absolute Gasteiger partial charge is 0.332 e. The molecule has 0 atom stereocenters. The second-order valence-corrected chi connectivity index (χ2v) is 4.80. The summed E-state index contributed by atoms with van der Waals surface area (Å²) in [4.78, 5) is 35.4. The molecule has 23 heavy (non-hydrogen) atoms. The third kappa shape index (κ3) is 3.60. The number of aromatic nitrogens is 2. The predicted molar refractivity (Wildman–Crippen MR) is 85.6 cm³/mol. The van der Waals surface area contributed by atoms with Crippen LogP contribution in [0.3, 0.4) is 0 Å². The van der Waals surface area contributed by atoms with Crippen molar-refractivity contribution in [1.82, 2.24) is 14.6 Å². The molecule has 0 fully saturated rings. The van der Waals surface area contributed by atoms with E-state index in [0.717, 1.165) is 4.57 Å². The van der Waals surface area contributed by atoms with Crippen molar-refractivity contribution in [3.8, 4) is 5.75 Å². The third-order valence-corrected chi connectivity index (χ3v) is 3.26. The number of benzene rings is 1. The molecule has 0 bridgehead atoms. The quantitative estimate of drug-likeness (QED) is 0.770. The van der Waals surface area contributed by atoms with E-state index >= 15 is 0 Å². The Balaban J connectivity index is 2.10. The monoisotopic (exact) mass is 318 g/mol. The van der Waals surface area contributed by atoms with E-state index in [0.29, 0.717) is 17.9 Å². The van der Waals surface area contributed by atoms with E-state index in [1.807, 2.05) is 6.92 Å². The molecule has 0 unspecified atom stereocenters. The molecule has 2 rings (SSSR count). The zero-order chi connectivity index (χ0) is 17.0. The van der Waals surface area contributed by atoms with E-state index in [2.05, 4.69) is 10.9 Å². The Morgan fingerprint density at radius 1 is 1.13 bits per heavy atom. The first-order chi connectivity index (χ1) is 10.9. The standard InChI is InChI=1S/C15H18N4O4/c1-4-23-11-7-5-10(6-8-11)14(21)17-16-12-9-13(20)19(3)15(22)18(12)2/h5-9,16H,4H2,1-3H3,(H,17,21). The summed E-state index contributed by atoms with van der Waals surface area (Å²) in [6.45, 7) is 2.42. The maximum atomic E-state index is 12.1. The molecule has 0 aliphatic heterocycles. The van der Waals surface area contributed by atoms with E-state index in [1.165, 1.54) is 24.7 Å². The van der Waals surface area contributed by atoms with Gasteiger partial charge >= 0.3 is 5.69 Å². The third-order valence-electron chi connectivity index (χ3n) is 3.26. The average molecular weight is 318 g/mol. The van der Waals surface area contributed by atoms with Crippen LogP contribution in [0.15, 0.2) is 39.9 Å². The van der Waals surface area contributed by atoms with Gasteiger partial charge in [-0.2, -0.15) is 0 Å². The molecule has 0 spiro atoms. The van der Waals surface area contributed by atoms with Crippen molar-refractivity contribution in [3.05, 3.63) is 56.7 Å². The number of amides is 1. The summed E-state index contributed by atoms with van der Waals surface area (Å²) in [5.41, 5.74) is 4.48. The largest absolute Gasteiger partial charge is 0.494 e. The molecule has 1 heterocycles. The minimum absolute atomic E-state index is 0.192. The van der Waals surface area contributed by atoms with Gasteiger partial charge in [-0.3, -0.25) is 29.6 Å². The lowest BCUT2D eigenvalue weighted by molar-refractivity contribution is 0.0962. The second kappa shape index (κ2) is 6.82. The molecule has 2 N–H and O–H groups in total. The van der Waals surface area contributed by atoms with Crippen LogP contribution in [-0.2, 0) is 14.1 Å². The second-order valence-electron chi connectivity index (χ2n) is 4.80. The first-order valence-corrected chi connectivity index (χ1v) is 7.00. The molecule has 8 nitrogen and oxygen atoms in total. The number of rotatable bonds is 5. The number of nitrogens with one attached hydrogen (secondary N) is 2. The number of carbonyl (C=O) groups is 1. The van der Waals surface area contributed by atoms with Crippen LogP contribution >= 0.6 is 0 Å². The Morgan fingerprint density at radius 2 is 1.78 bits per heavy atom. The summed E-state index contributed by atoms with van der Waals surface area (Å²) in [5.74, 6) is 0.463.